The lowest BCUT2D eigenvalue weighted by Crippen LogP contribution is -2.39. The van der Waals surface area contributed by atoms with Gasteiger partial charge >= 0.3 is 11.9 Å². The molecule has 0 radical (unpaired) electrons. The summed E-state index contributed by atoms with van der Waals surface area (Å²) in [5.74, 6) is -2.79. The van der Waals surface area contributed by atoms with Crippen LogP contribution in [0.4, 0.5) is 0 Å². The van der Waals surface area contributed by atoms with Crippen LogP contribution in [-0.2, 0) is 9.59 Å². The Morgan fingerprint density at radius 3 is 2.14 bits per heavy atom. The highest BCUT2D eigenvalue weighted by Crippen LogP contribution is 2.10. The van der Waals surface area contributed by atoms with Gasteiger partial charge in [-0.15, -0.1) is 4.99 Å². The smallest absolute Gasteiger partial charge is 0.414 e. The highest BCUT2D eigenvalue weighted by atomic mass is 32.2. The van der Waals surface area contributed by atoms with Crippen LogP contribution in [0, 0.1) is 11.5 Å². The van der Waals surface area contributed by atoms with Crippen LogP contribution < -0.4 is 4.74 Å². The molecule has 0 aliphatic rings. The molecule has 0 saturated heterocycles. The van der Waals surface area contributed by atoms with Crippen LogP contribution in [0.3, 0.4) is 0 Å². The standard InChI is InChI=1S/C17H26N4OS.C2H2O4/c1-4-20(5-2)11-12-21(17(23-3)19-15-18)13-14-22-16-9-7-6-8-10-16;3-1(4)2(5)6/h6-10H,4-5,11-14H2,1-3H3;(H,3,4)(H,5,6)/b19-17-;. The number of nitriles is 1. The maximum absolute atomic E-state index is 9.10. The average Bonchev–Trinajstić information content (AvgIpc) is 2.72. The van der Waals surface area contributed by atoms with Crippen molar-refractivity contribution >= 4 is 28.9 Å². The van der Waals surface area contributed by atoms with Gasteiger partial charge in [-0.3, -0.25) is 0 Å². The number of para-hydroxylation sites is 1. The normalized spacial score (nSPS) is 10.5. The zero-order chi connectivity index (χ0) is 22.1. The molecule has 0 bridgehead atoms. The van der Waals surface area contributed by atoms with E-state index in [1.54, 1.807) is 0 Å². The summed E-state index contributed by atoms with van der Waals surface area (Å²) >= 11 is 1.50. The number of carboxylic acid groups (broad SMARTS) is 2. The number of aliphatic imine (C=N–C) groups is 1. The van der Waals surface area contributed by atoms with Gasteiger partial charge in [0.1, 0.15) is 12.4 Å². The van der Waals surface area contributed by atoms with Crippen LogP contribution in [-0.4, -0.2) is 82.7 Å². The number of rotatable bonds is 9. The molecular formula is C19H28N4O5S. The molecular weight excluding hydrogens is 396 g/mol. The van der Waals surface area contributed by atoms with Crippen LogP contribution in [0.15, 0.2) is 35.3 Å². The van der Waals surface area contributed by atoms with Gasteiger partial charge in [-0.25, -0.2) is 9.59 Å². The molecule has 1 aromatic rings. The van der Waals surface area contributed by atoms with Gasteiger partial charge in [-0.2, -0.15) is 5.26 Å². The van der Waals surface area contributed by atoms with E-state index in [1.165, 1.54) is 11.8 Å². The number of carboxylic acids is 2. The van der Waals surface area contributed by atoms with Gasteiger partial charge in [0.2, 0.25) is 6.19 Å². The Bertz CT molecular complexity index is 663. The van der Waals surface area contributed by atoms with E-state index in [1.807, 2.05) is 42.8 Å². The molecule has 10 heteroatoms. The molecule has 0 saturated carbocycles. The summed E-state index contributed by atoms with van der Waals surface area (Å²) in [5, 5.41) is 24.4. The van der Waals surface area contributed by atoms with Gasteiger partial charge < -0.3 is 24.7 Å². The molecule has 0 amide bonds. The Labute approximate surface area is 175 Å². The van der Waals surface area contributed by atoms with E-state index in [0.29, 0.717) is 13.2 Å². The summed E-state index contributed by atoms with van der Waals surface area (Å²) in [7, 11) is 0. The van der Waals surface area contributed by atoms with Crippen molar-refractivity contribution in [1.29, 1.82) is 5.26 Å². The van der Waals surface area contributed by atoms with Gasteiger partial charge in [0.15, 0.2) is 5.17 Å². The van der Waals surface area contributed by atoms with Gasteiger partial charge in [0.25, 0.3) is 0 Å². The number of nitrogens with zero attached hydrogens (tertiary/aromatic N) is 4. The number of benzene rings is 1. The van der Waals surface area contributed by atoms with E-state index >= 15 is 0 Å². The highest BCUT2D eigenvalue weighted by molar-refractivity contribution is 8.13. The summed E-state index contributed by atoms with van der Waals surface area (Å²) in [6.45, 7) is 9.41. The van der Waals surface area contributed by atoms with Crippen LogP contribution in [0.1, 0.15) is 13.8 Å². The van der Waals surface area contributed by atoms with Gasteiger partial charge in [-0.1, -0.05) is 43.8 Å². The third kappa shape index (κ3) is 12.3. The van der Waals surface area contributed by atoms with Gasteiger partial charge in [-0.05, 0) is 31.5 Å². The minimum atomic E-state index is -1.82. The zero-order valence-corrected chi connectivity index (χ0v) is 17.8. The summed E-state index contributed by atoms with van der Waals surface area (Å²) in [5.41, 5.74) is 0. The summed E-state index contributed by atoms with van der Waals surface area (Å²) in [4.78, 5) is 26.6. The number of ether oxygens (including phenoxy) is 1. The third-order valence-corrected chi connectivity index (χ3v) is 4.45. The first kappa shape index (κ1) is 26.2. The van der Waals surface area contributed by atoms with Crippen molar-refractivity contribution in [3.05, 3.63) is 30.3 Å². The second-order valence-corrected chi connectivity index (χ2v) is 6.26. The maximum Gasteiger partial charge on any atom is 0.414 e. The largest absolute Gasteiger partial charge is 0.492 e. The Balaban J connectivity index is 0.00000113. The minimum absolute atomic E-state index is 0.563. The van der Waals surface area contributed by atoms with E-state index in [4.69, 9.17) is 29.8 Å². The first-order valence-corrected chi connectivity index (χ1v) is 10.2. The minimum Gasteiger partial charge on any atom is -0.492 e. The van der Waals surface area contributed by atoms with E-state index in [2.05, 4.69) is 28.6 Å². The molecule has 2 N–H and O–H groups in total. The summed E-state index contributed by atoms with van der Waals surface area (Å²) < 4.78 is 5.77. The van der Waals surface area contributed by atoms with Crippen LogP contribution in [0.5, 0.6) is 5.75 Å². The van der Waals surface area contributed by atoms with Crippen LogP contribution in [0.25, 0.3) is 0 Å². The monoisotopic (exact) mass is 424 g/mol. The number of hydrogen-bond acceptors (Lipinski definition) is 7. The van der Waals surface area contributed by atoms with E-state index in [-0.39, 0.29) is 0 Å². The number of likely N-dealkylation sites (N-methyl/N-ethyl adjacent to an activating group) is 1. The molecule has 1 aromatic carbocycles. The number of carbonyl (C=O) groups is 2. The fourth-order valence-corrected chi connectivity index (χ4v) is 2.76. The number of aliphatic carboxylic acids is 2. The van der Waals surface area contributed by atoms with E-state index in [0.717, 1.165) is 37.1 Å². The molecule has 0 aliphatic heterocycles. The topological polar surface area (TPSA) is 126 Å². The van der Waals surface area contributed by atoms with Crippen molar-refractivity contribution in [1.82, 2.24) is 9.80 Å². The average molecular weight is 425 g/mol. The summed E-state index contributed by atoms with van der Waals surface area (Å²) in [6.07, 6.45) is 3.84. The molecule has 29 heavy (non-hydrogen) atoms. The molecule has 0 heterocycles. The second-order valence-electron chi connectivity index (χ2n) is 5.48. The summed E-state index contributed by atoms with van der Waals surface area (Å²) in [6, 6.07) is 9.77. The molecule has 160 valence electrons. The molecule has 1 rings (SSSR count). The molecule has 0 atom stereocenters. The number of thioether (sulfide) groups is 1. The highest BCUT2D eigenvalue weighted by Gasteiger charge is 2.12. The predicted octanol–water partition coefficient (Wildman–Crippen LogP) is 2.06. The fraction of sp³-hybridized carbons (Fsp3) is 0.474. The van der Waals surface area contributed by atoms with E-state index in [9.17, 15) is 0 Å². The first-order valence-electron chi connectivity index (χ1n) is 9.01. The Morgan fingerprint density at radius 2 is 1.69 bits per heavy atom. The Kier molecular flexibility index (Phi) is 14.7. The van der Waals surface area contributed by atoms with Crippen LogP contribution in [0.2, 0.25) is 0 Å². The first-order chi connectivity index (χ1) is 13.9. The number of amidine groups is 1. The van der Waals surface area contributed by atoms with Crippen LogP contribution >= 0.6 is 11.8 Å². The quantitative estimate of drug-likeness (QED) is 0.265. The molecule has 9 nitrogen and oxygen atoms in total. The molecule has 0 fully saturated rings. The third-order valence-electron chi connectivity index (χ3n) is 3.74. The predicted molar refractivity (Wildman–Crippen MR) is 113 cm³/mol. The zero-order valence-electron chi connectivity index (χ0n) is 16.9. The van der Waals surface area contributed by atoms with Crippen molar-refractivity contribution in [2.45, 2.75) is 13.8 Å². The lowest BCUT2D eigenvalue weighted by molar-refractivity contribution is -0.159. The Morgan fingerprint density at radius 1 is 1.10 bits per heavy atom. The van der Waals surface area contributed by atoms with Crippen molar-refractivity contribution in [3.8, 4) is 11.9 Å². The molecule has 0 aliphatic carbocycles. The SMILES string of the molecule is CCN(CC)CCN(CCOc1ccccc1)/C(=N/C#N)SC.O=C(O)C(=O)O. The van der Waals surface area contributed by atoms with Gasteiger partial charge in [0, 0.05) is 13.1 Å². The van der Waals surface area contributed by atoms with Crippen molar-refractivity contribution in [2.75, 3.05) is 45.6 Å². The fourth-order valence-electron chi connectivity index (χ4n) is 2.18. The molecule has 0 unspecified atom stereocenters. The molecule has 0 spiro atoms. The molecule has 0 aromatic heterocycles. The maximum atomic E-state index is 9.10. The van der Waals surface area contributed by atoms with Gasteiger partial charge in [0.05, 0.1) is 6.54 Å². The second kappa shape index (κ2) is 16.2. The van der Waals surface area contributed by atoms with Crippen molar-refractivity contribution < 1.29 is 24.5 Å². The number of hydrogen-bond donors (Lipinski definition) is 2. The van der Waals surface area contributed by atoms with E-state index < -0.39 is 11.9 Å². The van der Waals surface area contributed by atoms with Crippen molar-refractivity contribution in [3.63, 3.8) is 0 Å². The van der Waals surface area contributed by atoms with Crippen molar-refractivity contribution in [2.24, 2.45) is 4.99 Å². The lowest BCUT2D eigenvalue weighted by atomic mass is 10.3. The lowest BCUT2D eigenvalue weighted by Gasteiger charge is -2.27. The Hall–Kier alpha value is -2.77.